The van der Waals surface area contributed by atoms with E-state index in [1.807, 2.05) is 78.9 Å². The molecule has 0 aliphatic carbocycles. The predicted octanol–water partition coefficient (Wildman–Crippen LogP) is 8.42. The smallest absolute Gasteiger partial charge is 0.335 e. The van der Waals surface area contributed by atoms with Gasteiger partial charge in [-0.3, -0.25) is 14.4 Å². The van der Waals surface area contributed by atoms with Crippen molar-refractivity contribution in [1.29, 1.82) is 0 Å². The van der Waals surface area contributed by atoms with Gasteiger partial charge in [-0.25, -0.2) is 4.79 Å². The number of carboxylic acids is 1. The molecule has 0 saturated heterocycles. The fourth-order valence-corrected chi connectivity index (χ4v) is 6.29. The molecule has 4 N–H and O–H groups in total. The third kappa shape index (κ3) is 8.33. The van der Waals surface area contributed by atoms with Crippen LogP contribution in [0.5, 0.6) is 0 Å². The van der Waals surface area contributed by atoms with Crippen molar-refractivity contribution in [2.45, 2.75) is 10.1 Å². The van der Waals surface area contributed by atoms with Crippen molar-refractivity contribution in [1.82, 2.24) is 5.32 Å². The minimum absolute atomic E-state index is 0.0686. The summed E-state index contributed by atoms with van der Waals surface area (Å²) in [7, 11) is 0. The Labute approximate surface area is 292 Å². The Kier molecular flexibility index (Phi) is 10.5. The van der Waals surface area contributed by atoms with Gasteiger partial charge in [-0.15, -0.1) is 11.8 Å². The number of amides is 3. The highest BCUT2D eigenvalue weighted by Crippen LogP contribution is 2.37. The molecule has 0 aromatic heterocycles. The molecule has 0 spiro atoms. The molecule has 1 unspecified atom stereocenters. The Balaban J connectivity index is 1.22. The van der Waals surface area contributed by atoms with Crippen LogP contribution in [0.3, 0.4) is 0 Å². The molecule has 0 fully saturated rings. The number of fused-ring (bicyclic) bond motifs is 1. The number of carboxylic acid groups (broad SMARTS) is 1. The molecular weight excluding hydrogens is 647 g/mol. The summed E-state index contributed by atoms with van der Waals surface area (Å²) in [5, 5.41) is 19.2. The standard InChI is InChI=1S/C41H31N3O5S/c45-38(29-14-5-2-6-15-29)44-36(26-30-17-9-16-27-11-7-8-20-35(27)30)39(46)42-32-21-23-34(24-22-32)50-37(28-12-3-1-4-13-28)40(47)43-33-19-10-18-31(25-33)41(48)49/h1-26,37H,(H,42,46)(H,43,47)(H,44,45)(H,48,49)/b36-26-. The van der Waals surface area contributed by atoms with Gasteiger partial charge in [0.2, 0.25) is 5.91 Å². The van der Waals surface area contributed by atoms with Crippen molar-refractivity contribution in [2.75, 3.05) is 10.6 Å². The maximum atomic E-state index is 13.7. The number of nitrogens with one attached hydrogen (secondary N) is 3. The first-order valence-electron chi connectivity index (χ1n) is 15.7. The van der Waals surface area contributed by atoms with Crippen molar-refractivity contribution in [2.24, 2.45) is 0 Å². The van der Waals surface area contributed by atoms with Crippen molar-refractivity contribution in [3.05, 3.63) is 180 Å². The van der Waals surface area contributed by atoms with E-state index in [1.165, 1.54) is 23.9 Å². The molecule has 9 heteroatoms. The zero-order chi connectivity index (χ0) is 34.9. The van der Waals surface area contributed by atoms with Crippen LogP contribution in [-0.2, 0) is 9.59 Å². The largest absolute Gasteiger partial charge is 0.478 e. The van der Waals surface area contributed by atoms with Gasteiger partial charge in [0.25, 0.3) is 11.8 Å². The molecule has 50 heavy (non-hydrogen) atoms. The SMILES string of the molecule is O=C(Nc1ccc(SC(C(=O)Nc2cccc(C(=O)O)c2)c2ccccc2)cc1)/C(=C/c1cccc2ccccc12)NC(=O)c1ccccc1. The number of hydrogen-bond donors (Lipinski definition) is 4. The Hall–Kier alpha value is -6.45. The zero-order valence-electron chi connectivity index (χ0n) is 26.6. The van der Waals surface area contributed by atoms with E-state index in [-0.39, 0.29) is 17.2 Å². The van der Waals surface area contributed by atoms with Gasteiger partial charge < -0.3 is 21.1 Å². The van der Waals surface area contributed by atoms with Crippen molar-refractivity contribution in [3.63, 3.8) is 0 Å². The third-order valence-corrected chi connectivity index (χ3v) is 9.00. The van der Waals surface area contributed by atoms with E-state index in [9.17, 15) is 24.3 Å². The third-order valence-electron chi connectivity index (χ3n) is 7.74. The molecule has 0 bridgehead atoms. The first-order chi connectivity index (χ1) is 24.3. The first kappa shape index (κ1) is 33.5. The fourth-order valence-electron chi connectivity index (χ4n) is 5.26. The van der Waals surface area contributed by atoms with Crippen LogP contribution in [0.2, 0.25) is 0 Å². The maximum absolute atomic E-state index is 13.7. The Bertz CT molecular complexity index is 2200. The number of thioether (sulfide) groups is 1. The van der Waals surface area contributed by atoms with Crippen molar-refractivity contribution in [3.8, 4) is 0 Å². The molecule has 6 rings (SSSR count). The number of carbonyl (C=O) groups is 4. The highest BCUT2D eigenvalue weighted by Gasteiger charge is 2.23. The second-order valence-corrected chi connectivity index (χ2v) is 12.4. The molecule has 6 aromatic rings. The Morgan fingerprint density at radius 2 is 1.26 bits per heavy atom. The summed E-state index contributed by atoms with van der Waals surface area (Å²) in [5.41, 5.74) is 2.95. The number of benzene rings is 6. The summed E-state index contributed by atoms with van der Waals surface area (Å²) in [6, 6.07) is 44.7. The van der Waals surface area contributed by atoms with E-state index in [2.05, 4.69) is 16.0 Å². The lowest BCUT2D eigenvalue weighted by Crippen LogP contribution is -2.30. The van der Waals surface area contributed by atoms with Crippen molar-refractivity contribution < 1.29 is 24.3 Å². The topological polar surface area (TPSA) is 125 Å². The van der Waals surface area contributed by atoms with Gasteiger partial charge in [-0.1, -0.05) is 97.1 Å². The van der Waals surface area contributed by atoms with Gasteiger partial charge in [-0.2, -0.15) is 0 Å². The monoisotopic (exact) mass is 677 g/mol. The van der Waals surface area contributed by atoms with E-state index in [4.69, 9.17) is 0 Å². The molecule has 0 aliphatic rings. The van der Waals surface area contributed by atoms with E-state index < -0.39 is 23.0 Å². The van der Waals surface area contributed by atoms with E-state index in [1.54, 1.807) is 66.7 Å². The molecule has 246 valence electrons. The minimum Gasteiger partial charge on any atom is -0.478 e. The molecule has 6 aromatic carbocycles. The van der Waals surface area contributed by atoms with Gasteiger partial charge in [0.15, 0.2) is 0 Å². The lowest BCUT2D eigenvalue weighted by molar-refractivity contribution is -0.116. The van der Waals surface area contributed by atoms with Crippen LogP contribution in [0.1, 0.15) is 37.1 Å². The lowest BCUT2D eigenvalue weighted by atomic mass is 10.0. The summed E-state index contributed by atoms with van der Waals surface area (Å²) in [4.78, 5) is 52.6. The lowest BCUT2D eigenvalue weighted by Gasteiger charge is -2.18. The number of aromatic carboxylic acids is 1. The number of carbonyl (C=O) groups excluding carboxylic acids is 3. The average Bonchev–Trinajstić information content (AvgIpc) is 3.15. The van der Waals surface area contributed by atoms with Gasteiger partial charge in [-0.05, 0) is 82.6 Å². The maximum Gasteiger partial charge on any atom is 0.335 e. The summed E-state index contributed by atoms with van der Waals surface area (Å²) >= 11 is 1.31. The molecular formula is C41H31N3O5S. The minimum atomic E-state index is -1.09. The molecule has 8 nitrogen and oxygen atoms in total. The van der Waals surface area contributed by atoms with Crippen LogP contribution in [0.15, 0.2) is 162 Å². The van der Waals surface area contributed by atoms with Crippen LogP contribution in [0.25, 0.3) is 16.8 Å². The second-order valence-electron chi connectivity index (χ2n) is 11.2. The normalized spacial score (nSPS) is 11.7. The number of rotatable bonds is 11. The second kappa shape index (κ2) is 15.6. The quantitative estimate of drug-likeness (QED) is 0.0806. The summed E-state index contributed by atoms with van der Waals surface area (Å²) < 4.78 is 0. The fraction of sp³-hybridized carbons (Fsp3) is 0.0244. The highest BCUT2D eigenvalue weighted by molar-refractivity contribution is 8.00. The highest BCUT2D eigenvalue weighted by atomic mass is 32.2. The Morgan fingerprint density at radius 3 is 2.00 bits per heavy atom. The molecule has 0 radical (unpaired) electrons. The van der Waals surface area contributed by atoms with Crippen molar-refractivity contribution >= 4 is 63.7 Å². The van der Waals surface area contributed by atoms with Crippen LogP contribution in [0.4, 0.5) is 11.4 Å². The molecule has 0 aliphatic heterocycles. The van der Waals surface area contributed by atoms with E-state index >= 15 is 0 Å². The summed E-state index contributed by atoms with van der Waals surface area (Å²) in [5.74, 6) is -2.33. The van der Waals surface area contributed by atoms with E-state index in [0.29, 0.717) is 16.9 Å². The Morgan fingerprint density at radius 1 is 0.620 bits per heavy atom. The molecule has 3 amide bonds. The van der Waals surface area contributed by atoms with Gasteiger partial charge in [0.1, 0.15) is 10.9 Å². The van der Waals surface area contributed by atoms with Crippen LogP contribution < -0.4 is 16.0 Å². The van der Waals surface area contributed by atoms with Crippen LogP contribution in [-0.4, -0.2) is 28.8 Å². The van der Waals surface area contributed by atoms with Gasteiger partial charge in [0.05, 0.1) is 5.56 Å². The average molecular weight is 678 g/mol. The van der Waals surface area contributed by atoms with Gasteiger partial charge >= 0.3 is 5.97 Å². The first-order valence-corrected chi connectivity index (χ1v) is 16.5. The van der Waals surface area contributed by atoms with Gasteiger partial charge in [0, 0.05) is 21.8 Å². The number of hydrogen-bond acceptors (Lipinski definition) is 5. The van der Waals surface area contributed by atoms with E-state index in [0.717, 1.165) is 26.8 Å². The molecule has 0 heterocycles. The number of anilines is 2. The van der Waals surface area contributed by atoms with Crippen LogP contribution >= 0.6 is 11.8 Å². The molecule has 1 atom stereocenters. The zero-order valence-corrected chi connectivity index (χ0v) is 27.4. The molecule has 0 saturated carbocycles. The summed E-state index contributed by atoms with van der Waals surface area (Å²) in [6.07, 6.45) is 1.66. The summed E-state index contributed by atoms with van der Waals surface area (Å²) in [6.45, 7) is 0. The predicted molar refractivity (Wildman–Crippen MR) is 198 cm³/mol. The van der Waals surface area contributed by atoms with Crippen LogP contribution in [0, 0.1) is 0 Å².